The molecule has 0 amide bonds. The topological polar surface area (TPSA) is 34.4 Å². The smallest absolute Gasteiger partial charge is 0.295 e. The minimum Gasteiger partial charge on any atom is -0.434 e. The lowest BCUT2D eigenvalue weighted by molar-refractivity contribution is 0.119. The van der Waals surface area contributed by atoms with Crippen LogP contribution in [0, 0.1) is 0 Å². The molecule has 0 saturated heterocycles. The molecule has 2 aromatic carbocycles. The monoisotopic (exact) mass is 275 g/mol. The Kier molecular flexibility index (Phi) is 1.94. The molecule has 0 bridgehead atoms. The predicted octanol–water partition coefficient (Wildman–Crippen LogP) is 4.20. The van der Waals surface area contributed by atoms with Crippen molar-refractivity contribution < 1.29 is 9.15 Å². The molecule has 3 nitrogen and oxygen atoms in total. The van der Waals surface area contributed by atoms with Gasteiger partial charge in [0.1, 0.15) is 5.58 Å². The zero-order chi connectivity index (χ0) is 13.9. The van der Waals surface area contributed by atoms with E-state index in [-0.39, 0.29) is 0 Å². The number of ether oxygens (including phenoxy) is 1. The van der Waals surface area contributed by atoms with Crippen LogP contribution in [-0.2, 0) is 6.42 Å². The second-order valence-corrected chi connectivity index (χ2v) is 5.58. The van der Waals surface area contributed by atoms with E-state index in [4.69, 9.17) is 9.15 Å². The van der Waals surface area contributed by atoms with Gasteiger partial charge in [-0.1, -0.05) is 36.4 Å². The summed E-state index contributed by atoms with van der Waals surface area (Å²) in [6.07, 6.45) is 5.00. The van der Waals surface area contributed by atoms with Crippen LogP contribution in [0.5, 0.6) is 5.95 Å². The summed E-state index contributed by atoms with van der Waals surface area (Å²) in [5, 5.41) is 4.56. The predicted molar refractivity (Wildman–Crippen MR) is 82.4 cm³/mol. The lowest BCUT2D eigenvalue weighted by Gasteiger charge is -2.29. The average molecular weight is 275 g/mol. The Morgan fingerprint density at radius 1 is 1.00 bits per heavy atom. The van der Waals surface area contributed by atoms with Crippen LogP contribution in [0.4, 0.5) is 5.69 Å². The molecule has 0 fully saturated rings. The zero-order valence-electron chi connectivity index (χ0n) is 11.3. The number of anilines is 1. The summed E-state index contributed by atoms with van der Waals surface area (Å²) in [5.41, 5.74) is 3.75. The minimum atomic E-state index is -0.523. The van der Waals surface area contributed by atoms with E-state index in [0.29, 0.717) is 5.95 Å². The summed E-state index contributed by atoms with van der Waals surface area (Å²) in [4.78, 5) is 0. The number of fused-ring (bicyclic) bond motifs is 4. The Labute approximate surface area is 121 Å². The molecular weight excluding hydrogens is 262 g/mol. The van der Waals surface area contributed by atoms with Gasteiger partial charge in [-0.2, -0.15) is 0 Å². The van der Waals surface area contributed by atoms with E-state index in [0.717, 1.165) is 28.6 Å². The first-order chi connectivity index (χ1) is 10.3. The van der Waals surface area contributed by atoms with Gasteiger partial charge in [0.25, 0.3) is 5.95 Å². The fourth-order valence-corrected chi connectivity index (χ4v) is 3.21. The largest absolute Gasteiger partial charge is 0.434 e. The lowest BCUT2D eigenvalue weighted by Crippen LogP contribution is -2.41. The molecule has 1 spiro atoms. The maximum absolute atomic E-state index is 6.18. The van der Waals surface area contributed by atoms with Gasteiger partial charge in [-0.3, -0.25) is 0 Å². The molecule has 102 valence electrons. The number of para-hydroxylation sites is 2. The van der Waals surface area contributed by atoms with Gasteiger partial charge in [0.15, 0.2) is 0 Å². The molecule has 3 heteroatoms. The Bertz CT molecular complexity index is 866. The van der Waals surface area contributed by atoms with Crippen molar-refractivity contribution in [2.45, 2.75) is 12.1 Å². The van der Waals surface area contributed by atoms with E-state index in [9.17, 15) is 0 Å². The Balaban J connectivity index is 1.61. The number of nitrogens with one attached hydrogen (secondary N) is 1. The number of hydrogen-bond acceptors (Lipinski definition) is 3. The Hall–Kier alpha value is -2.68. The number of hydrogen-bond donors (Lipinski definition) is 1. The van der Waals surface area contributed by atoms with Gasteiger partial charge < -0.3 is 14.5 Å². The van der Waals surface area contributed by atoms with E-state index in [1.165, 1.54) is 5.56 Å². The lowest BCUT2D eigenvalue weighted by atomic mass is 10.0. The maximum Gasteiger partial charge on any atom is 0.295 e. The summed E-state index contributed by atoms with van der Waals surface area (Å²) in [6, 6.07) is 16.3. The van der Waals surface area contributed by atoms with E-state index < -0.39 is 5.72 Å². The fourth-order valence-electron chi connectivity index (χ4n) is 3.21. The van der Waals surface area contributed by atoms with Crippen LogP contribution in [0.15, 0.2) is 59.0 Å². The summed E-state index contributed by atoms with van der Waals surface area (Å²) in [5.74, 6) is 0.596. The first-order valence-corrected chi connectivity index (χ1v) is 7.09. The standard InChI is InChI=1S/C18H13NO2/c1-3-7-15-12(5-1)11-18(19-15)10-9-14-13-6-2-4-8-16(13)20-17(14)21-18/h1-10,19H,11H2. The van der Waals surface area contributed by atoms with E-state index in [1.807, 2.05) is 24.3 Å². The van der Waals surface area contributed by atoms with Crippen LogP contribution >= 0.6 is 0 Å². The van der Waals surface area contributed by atoms with Gasteiger partial charge in [-0.15, -0.1) is 0 Å². The van der Waals surface area contributed by atoms with Crippen molar-refractivity contribution in [3.63, 3.8) is 0 Å². The van der Waals surface area contributed by atoms with Crippen LogP contribution in [0.1, 0.15) is 11.1 Å². The first-order valence-electron chi connectivity index (χ1n) is 7.09. The van der Waals surface area contributed by atoms with Crippen molar-refractivity contribution in [3.8, 4) is 5.95 Å². The van der Waals surface area contributed by atoms with Gasteiger partial charge in [0, 0.05) is 17.5 Å². The van der Waals surface area contributed by atoms with Gasteiger partial charge in [0.05, 0.1) is 5.56 Å². The third-order valence-corrected chi connectivity index (χ3v) is 4.21. The Morgan fingerprint density at radius 2 is 1.86 bits per heavy atom. The summed E-state index contributed by atoms with van der Waals surface area (Å²) >= 11 is 0. The molecular formula is C18H13NO2. The van der Waals surface area contributed by atoms with Crippen LogP contribution in [-0.4, -0.2) is 5.72 Å². The normalized spacial score (nSPS) is 21.9. The van der Waals surface area contributed by atoms with Crippen molar-refractivity contribution in [2.24, 2.45) is 0 Å². The molecule has 1 N–H and O–H groups in total. The molecule has 1 aromatic heterocycles. The molecule has 3 heterocycles. The van der Waals surface area contributed by atoms with Crippen LogP contribution in [0.25, 0.3) is 17.0 Å². The van der Waals surface area contributed by atoms with Crippen LogP contribution in [0.2, 0.25) is 0 Å². The molecule has 2 aliphatic rings. The molecule has 0 aliphatic carbocycles. The van der Waals surface area contributed by atoms with Gasteiger partial charge in [0.2, 0.25) is 5.72 Å². The zero-order valence-corrected chi connectivity index (χ0v) is 11.3. The highest BCUT2D eigenvalue weighted by molar-refractivity contribution is 5.90. The third kappa shape index (κ3) is 1.49. The maximum atomic E-state index is 6.18. The van der Waals surface area contributed by atoms with Crippen molar-refractivity contribution in [1.82, 2.24) is 0 Å². The summed E-state index contributed by atoms with van der Waals surface area (Å²) < 4.78 is 12.0. The minimum absolute atomic E-state index is 0.523. The highest BCUT2D eigenvalue weighted by Gasteiger charge is 2.40. The van der Waals surface area contributed by atoms with Crippen LogP contribution < -0.4 is 10.1 Å². The number of benzene rings is 2. The SMILES string of the molecule is C1=CC2(Cc3ccccc3N2)Oc2oc3ccccc3c21. The summed E-state index contributed by atoms with van der Waals surface area (Å²) in [7, 11) is 0. The fraction of sp³-hybridized carbons (Fsp3) is 0.111. The molecule has 3 aromatic rings. The second kappa shape index (κ2) is 3.70. The molecule has 0 saturated carbocycles. The van der Waals surface area contributed by atoms with Crippen molar-refractivity contribution in [2.75, 3.05) is 5.32 Å². The molecule has 1 atom stereocenters. The second-order valence-electron chi connectivity index (χ2n) is 5.58. The van der Waals surface area contributed by atoms with E-state index in [2.05, 4.69) is 41.7 Å². The van der Waals surface area contributed by atoms with Gasteiger partial charge in [-0.25, -0.2) is 0 Å². The van der Waals surface area contributed by atoms with Crippen molar-refractivity contribution in [1.29, 1.82) is 0 Å². The highest BCUT2D eigenvalue weighted by atomic mass is 16.6. The van der Waals surface area contributed by atoms with Crippen LogP contribution in [0.3, 0.4) is 0 Å². The molecule has 2 aliphatic heterocycles. The Morgan fingerprint density at radius 3 is 2.81 bits per heavy atom. The third-order valence-electron chi connectivity index (χ3n) is 4.21. The molecule has 0 radical (unpaired) electrons. The first kappa shape index (κ1) is 11.0. The quantitative estimate of drug-likeness (QED) is 0.667. The molecule has 5 rings (SSSR count). The van der Waals surface area contributed by atoms with Gasteiger partial charge >= 0.3 is 0 Å². The molecule has 1 unspecified atom stereocenters. The average Bonchev–Trinajstić information content (AvgIpc) is 3.03. The number of rotatable bonds is 0. The highest BCUT2D eigenvalue weighted by Crippen LogP contribution is 2.43. The van der Waals surface area contributed by atoms with E-state index >= 15 is 0 Å². The van der Waals surface area contributed by atoms with Crippen molar-refractivity contribution >= 4 is 22.7 Å². The van der Waals surface area contributed by atoms with E-state index in [1.54, 1.807) is 0 Å². The number of furan rings is 1. The van der Waals surface area contributed by atoms with Crippen molar-refractivity contribution in [3.05, 3.63) is 65.7 Å². The van der Waals surface area contributed by atoms with Gasteiger partial charge in [-0.05, 0) is 29.8 Å². The summed E-state index contributed by atoms with van der Waals surface area (Å²) in [6.45, 7) is 0. The molecule has 21 heavy (non-hydrogen) atoms.